The van der Waals surface area contributed by atoms with Gasteiger partial charge < -0.3 is 4.74 Å². The largest absolute Gasteiger partial charge is 0.371 e. The van der Waals surface area contributed by atoms with Gasteiger partial charge in [0, 0.05) is 12.7 Å². The van der Waals surface area contributed by atoms with Gasteiger partial charge in [0.05, 0.1) is 0 Å². The van der Waals surface area contributed by atoms with Crippen LogP contribution in [0.2, 0.25) is 0 Å². The number of carbonyl (C=O) groups is 1. The van der Waals surface area contributed by atoms with Gasteiger partial charge in [-0.1, -0.05) is 31.2 Å². The molecule has 1 rings (SSSR count). The number of hydrogen-bond acceptors (Lipinski definition) is 2. The molecule has 0 N–H and O–H groups in total. The molecule has 0 aliphatic carbocycles. The van der Waals surface area contributed by atoms with E-state index in [4.69, 9.17) is 4.74 Å². The minimum absolute atomic E-state index is 0.0210. The molecule has 82 valence electrons. The van der Waals surface area contributed by atoms with Crippen LogP contribution in [0.25, 0.3) is 0 Å². The van der Waals surface area contributed by atoms with Gasteiger partial charge in [0.15, 0.2) is 5.78 Å². The molecule has 0 saturated heterocycles. The molecule has 0 unspecified atom stereocenters. The summed E-state index contributed by atoms with van der Waals surface area (Å²) in [5.74, 6) is 0.0210. The fraction of sp³-hybridized carbons (Fsp3) is 0.462. The monoisotopic (exact) mass is 206 g/mol. The summed E-state index contributed by atoms with van der Waals surface area (Å²) < 4.78 is 5.16. The molecule has 0 saturated carbocycles. The van der Waals surface area contributed by atoms with E-state index >= 15 is 0 Å². The van der Waals surface area contributed by atoms with E-state index in [2.05, 4.69) is 6.92 Å². The lowest BCUT2D eigenvalue weighted by atomic mass is 9.95. The summed E-state index contributed by atoms with van der Waals surface area (Å²) in [6, 6.07) is 7.70. The molecule has 1 aromatic rings. The minimum atomic E-state index is -0.742. The normalized spacial score (nSPS) is 11.5. The fourth-order valence-electron chi connectivity index (χ4n) is 1.33. The Morgan fingerprint density at radius 3 is 2.20 bits per heavy atom. The standard InChI is InChI=1S/C13H18O2/c1-5-10-6-8-11(9-7-10)12(14)13(2,3)15-4/h6-9H,5H2,1-4H3. The van der Waals surface area contributed by atoms with E-state index in [9.17, 15) is 4.79 Å². The number of Topliss-reactive ketones (excluding diaryl/α,β-unsaturated/α-hetero) is 1. The number of aryl methyl sites for hydroxylation is 1. The molecule has 0 heterocycles. The van der Waals surface area contributed by atoms with Crippen molar-refractivity contribution in [2.45, 2.75) is 32.8 Å². The summed E-state index contributed by atoms with van der Waals surface area (Å²) in [7, 11) is 1.55. The third kappa shape index (κ3) is 2.66. The van der Waals surface area contributed by atoms with Crippen LogP contribution >= 0.6 is 0 Å². The molecule has 0 aromatic heterocycles. The molecule has 0 spiro atoms. The summed E-state index contributed by atoms with van der Waals surface area (Å²) >= 11 is 0. The van der Waals surface area contributed by atoms with Crippen molar-refractivity contribution < 1.29 is 9.53 Å². The van der Waals surface area contributed by atoms with Gasteiger partial charge in [0.1, 0.15) is 5.60 Å². The van der Waals surface area contributed by atoms with Gasteiger partial charge in [0.25, 0.3) is 0 Å². The number of methoxy groups -OCH3 is 1. The number of carbonyl (C=O) groups excluding carboxylic acids is 1. The highest BCUT2D eigenvalue weighted by Gasteiger charge is 2.27. The van der Waals surface area contributed by atoms with Crippen LogP contribution in [0.4, 0.5) is 0 Å². The van der Waals surface area contributed by atoms with Crippen LogP contribution < -0.4 is 0 Å². The lowest BCUT2D eigenvalue weighted by molar-refractivity contribution is 0.0228. The molecule has 0 fully saturated rings. The van der Waals surface area contributed by atoms with Gasteiger partial charge in [-0.25, -0.2) is 0 Å². The summed E-state index contributed by atoms with van der Waals surface area (Å²) in [5.41, 5.74) is 1.20. The number of hydrogen-bond donors (Lipinski definition) is 0. The van der Waals surface area contributed by atoms with Crippen LogP contribution in [-0.2, 0) is 11.2 Å². The first-order valence-corrected chi connectivity index (χ1v) is 5.20. The van der Waals surface area contributed by atoms with Crippen LogP contribution in [0.1, 0.15) is 36.7 Å². The second-order valence-electron chi connectivity index (χ2n) is 4.09. The van der Waals surface area contributed by atoms with Crippen LogP contribution in [0.3, 0.4) is 0 Å². The molecule has 0 bridgehead atoms. The molecule has 0 atom stereocenters. The van der Waals surface area contributed by atoms with Crippen molar-refractivity contribution >= 4 is 5.78 Å². The van der Waals surface area contributed by atoms with Crippen molar-refractivity contribution in [1.29, 1.82) is 0 Å². The highest BCUT2D eigenvalue weighted by atomic mass is 16.5. The maximum Gasteiger partial charge on any atom is 0.194 e. The van der Waals surface area contributed by atoms with Crippen LogP contribution in [0.5, 0.6) is 0 Å². The van der Waals surface area contributed by atoms with E-state index in [0.29, 0.717) is 5.56 Å². The molecule has 0 aliphatic rings. The Hall–Kier alpha value is -1.15. The number of rotatable bonds is 4. The van der Waals surface area contributed by atoms with Gasteiger partial charge in [-0.05, 0) is 25.8 Å². The first-order chi connectivity index (χ1) is 7.01. The van der Waals surface area contributed by atoms with Crippen molar-refractivity contribution in [3.8, 4) is 0 Å². The summed E-state index contributed by atoms with van der Waals surface area (Å²) in [6.07, 6.45) is 0.988. The zero-order valence-electron chi connectivity index (χ0n) is 9.83. The first-order valence-electron chi connectivity index (χ1n) is 5.20. The fourth-order valence-corrected chi connectivity index (χ4v) is 1.33. The summed E-state index contributed by atoms with van der Waals surface area (Å²) in [6.45, 7) is 5.65. The van der Waals surface area contributed by atoms with Gasteiger partial charge in [-0.3, -0.25) is 4.79 Å². The molecule has 15 heavy (non-hydrogen) atoms. The van der Waals surface area contributed by atoms with Gasteiger partial charge in [-0.15, -0.1) is 0 Å². The molecule has 0 radical (unpaired) electrons. The molecule has 2 nitrogen and oxygen atoms in total. The predicted octanol–water partition coefficient (Wildman–Crippen LogP) is 2.86. The Balaban J connectivity index is 2.92. The molecule has 1 aromatic carbocycles. The SMILES string of the molecule is CCc1ccc(C(=O)C(C)(C)OC)cc1. The van der Waals surface area contributed by atoms with E-state index < -0.39 is 5.60 Å². The average Bonchev–Trinajstić information content (AvgIpc) is 2.28. The number of ketones is 1. The second-order valence-corrected chi connectivity index (χ2v) is 4.09. The maximum atomic E-state index is 12.0. The predicted molar refractivity (Wildman–Crippen MR) is 61.2 cm³/mol. The Kier molecular flexibility index (Phi) is 3.64. The lowest BCUT2D eigenvalue weighted by Gasteiger charge is -2.21. The Morgan fingerprint density at radius 2 is 1.80 bits per heavy atom. The van der Waals surface area contributed by atoms with Crippen LogP contribution in [0, 0.1) is 0 Å². The van der Waals surface area contributed by atoms with Gasteiger partial charge in [-0.2, -0.15) is 0 Å². The topological polar surface area (TPSA) is 26.3 Å². The molecule has 0 amide bonds. The van der Waals surface area contributed by atoms with E-state index in [1.54, 1.807) is 21.0 Å². The zero-order chi connectivity index (χ0) is 11.5. The van der Waals surface area contributed by atoms with Crippen molar-refractivity contribution in [3.05, 3.63) is 35.4 Å². The van der Waals surface area contributed by atoms with E-state index in [1.165, 1.54) is 5.56 Å². The lowest BCUT2D eigenvalue weighted by Crippen LogP contribution is -2.33. The molecular weight excluding hydrogens is 188 g/mol. The maximum absolute atomic E-state index is 12.0. The van der Waals surface area contributed by atoms with Crippen molar-refractivity contribution in [1.82, 2.24) is 0 Å². The van der Waals surface area contributed by atoms with Crippen LogP contribution in [0.15, 0.2) is 24.3 Å². The van der Waals surface area contributed by atoms with Crippen molar-refractivity contribution in [2.24, 2.45) is 0 Å². The molecular formula is C13H18O2. The second kappa shape index (κ2) is 4.58. The van der Waals surface area contributed by atoms with E-state index in [-0.39, 0.29) is 5.78 Å². The van der Waals surface area contributed by atoms with E-state index in [0.717, 1.165) is 6.42 Å². The van der Waals surface area contributed by atoms with Gasteiger partial charge in [0.2, 0.25) is 0 Å². The smallest absolute Gasteiger partial charge is 0.194 e. The molecule has 2 heteroatoms. The van der Waals surface area contributed by atoms with Gasteiger partial charge >= 0.3 is 0 Å². The third-order valence-electron chi connectivity index (χ3n) is 2.68. The summed E-state index contributed by atoms with van der Waals surface area (Å²) in [4.78, 5) is 12.0. The quantitative estimate of drug-likeness (QED) is 0.708. The Labute approximate surface area is 91.3 Å². The summed E-state index contributed by atoms with van der Waals surface area (Å²) in [5, 5.41) is 0. The molecule has 0 aliphatic heterocycles. The number of ether oxygens (including phenoxy) is 1. The third-order valence-corrected chi connectivity index (χ3v) is 2.68. The van der Waals surface area contributed by atoms with Crippen LogP contribution in [-0.4, -0.2) is 18.5 Å². The highest BCUT2D eigenvalue weighted by Crippen LogP contribution is 2.16. The Morgan fingerprint density at radius 1 is 1.27 bits per heavy atom. The average molecular weight is 206 g/mol. The van der Waals surface area contributed by atoms with E-state index in [1.807, 2.05) is 24.3 Å². The first kappa shape index (κ1) is 11.9. The highest BCUT2D eigenvalue weighted by molar-refractivity contribution is 6.01. The van der Waals surface area contributed by atoms with Crippen molar-refractivity contribution in [2.75, 3.05) is 7.11 Å². The zero-order valence-corrected chi connectivity index (χ0v) is 9.83. The van der Waals surface area contributed by atoms with Crippen molar-refractivity contribution in [3.63, 3.8) is 0 Å². The number of benzene rings is 1. The Bertz CT molecular complexity index is 336. The minimum Gasteiger partial charge on any atom is -0.371 e.